The van der Waals surface area contributed by atoms with Gasteiger partial charge in [0.2, 0.25) is 9.84 Å². The summed E-state index contributed by atoms with van der Waals surface area (Å²) in [5.74, 6) is -0.771. The van der Waals surface area contributed by atoms with Crippen molar-refractivity contribution in [3.8, 4) is 0 Å². The van der Waals surface area contributed by atoms with E-state index in [-0.39, 0.29) is 26.5 Å². The van der Waals surface area contributed by atoms with Crippen LogP contribution in [0.3, 0.4) is 0 Å². The SMILES string of the molecule is CCOC(=O)c1nc(Nc2ccc(Br)cc2)sc1S(=O)(=O)c1ccccc1. The van der Waals surface area contributed by atoms with Crippen LogP contribution < -0.4 is 5.32 Å². The topological polar surface area (TPSA) is 85.4 Å². The number of anilines is 2. The van der Waals surface area contributed by atoms with Crippen LogP contribution in [0.2, 0.25) is 0 Å². The number of halogens is 1. The second-order valence-corrected chi connectivity index (χ2v) is 9.38. The van der Waals surface area contributed by atoms with E-state index in [0.29, 0.717) is 5.69 Å². The summed E-state index contributed by atoms with van der Waals surface area (Å²) < 4.78 is 31.8. The number of hydrogen-bond donors (Lipinski definition) is 1. The molecule has 1 N–H and O–H groups in total. The smallest absolute Gasteiger partial charge is 0.359 e. The van der Waals surface area contributed by atoms with Gasteiger partial charge in [0.1, 0.15) is 0 Å². The summed E-state index contributed by atoms with van der Waals surface area (Å²) in [5.41, 5.74) is 0.497. The molecule has 3 rings (SSSR count). The first-order valence-corrected chi connectivity index (χ1v) is 11.0. The van der Waals surface area contributed by atoms with Gasteiger partial charge in [0.05, 0.1) is 11.5 Å². The molecule has 2 aromatic carbocycles. The lowest BCUT2D eigenvalue weighted by Crippen LogP contribution is -2.11. The van der Waals surface area contributed by atoms with Crippen LogP contribution in [0.25, 0.3) is 0 Å². The molecule has 27 heavy (non-hydrogen) atoms. The second-order valence-electron chi connectivity index (χ2n) is 5.32. The number of sulfone groups is 1. The Morgan fingerprint density at radius 1 is 1.15 bits per heavy atom. The largest absolute Gasteiger partial charge is 0.461 e. The van der Waals surface area contributed by atoms with E-state index in [0.717, 1.165) is 15.8 Å². The molecule has 9 heteroatoms. The highest BCUT2D eigenvalue weighted by Gasteiger charge is 2.30. The molecule has 1 heterocycles. The van der Waals surface area contributed by atoms with Crippen molar-refractivity contribution in [1.82, 2.24) is 4.98 Å². The lowest BCUT2D eigenvalue weighted by molar-refractivity contribution is 0.0516. The molecular formula is C18H15BrN2O4S2. The van der Waals surface area contributed by atoms with Crippen LogP contribution in [0.5, 0.6) is 0 Å². The van der Waals surface area contributed by atoms with E-state index in [1.807, 2.05) is 12.1 Å². The minimum atomic E-state index is -3.90. The number of nitrogens with one attached hydrogen (secondary N) is 1. The molecule has 1 aromatic heterocycles. The van der Waals surface area contributed by atoms with Gasteiger partial charge in [-0.25, -0.2) is 18.2 Å². The highest BCUT2D eigenvalue weighted by Crippen LogP contribution is 2.34. The number of aromatic nitrogens is 1. The fraction of sp³-hybridized carbons (Fsp3) is 0.111. The summed E-state index contributed by atoms with van der Waals surface area (Å²) in [6, 6.07) is 15.2. The lowest BCUT2D eigenvalue weighted by Gasteiger charge is -2.04. The summed E-state index contributed by atoms with van der Waals surface area (Å²) >= 11 is 4.25. The van der Waals surface area contributed by atoms with Gasteiger partial charge in [0.15, 0.2) is 15.0 Å². The van der Waals surface area contributed by atoms with Crippen LogP contribution >= 0.6 is 27.3 Å². The predicted octanol–water partition coefficient (Wildman–Crippen LogP) is 4.66. The van der Waals surface area contributed by atoms with Gasteiger partial charge in [-0.1, -0.05) is 45.5 Å². The number of rotatable bonds is 6. The molecular weight excluding hydrogens is 452 g/mol. The Balaban J connectivity index is 2.05. The van der Waals surface area contributed by atoms with Crippen molar-refractivity contribution >= 4 is 53.9 Å². The molecule has 0 unspecified atom stereocenters. The average molecular weight is 467 g/mol. The van der Waals surface area contributed by atoms with Crippen molar-refractivity contribution in [3.63, 3.8) is 0 Å². The monoisotopic (exact) mass is 466 g/mol. The summed E-state index contributed by atoms with van der Waals surface area (Å²) in [6.07, 6.45) is 0. The number of hydrogen-bond acceptors (Lipinski definition) is 7. The van der Waals surface area contributed by atoms with Crippen LogP contribution in [0.4, 0.5) is 10.8 Å². The van der Waals surface area contributed by atoms with Gasteiger partial charge in [-0.3, -0.25) is 0 Å². The zero-order valence-electron chi connectivity index (χ0n) is 14.2. The van der Waals surface area contributed by atoms with E-state index in [4.69, 9.17) is 4.74 Å². The Kier molecular flexibility index (Phi) is 5.93. The number of carbonyl (C=O) groups excluding carboxylic acids is 1. The molecule has 0 saturated carbocycles. The zero-order valence-corrected chi connectivity index (χ0v) is 17.4. The maximum absolute atomic E-state index is 13.0. The van der Waals surface area contributed by atoms with Gasteiger partial charge in [0.25, 0.3) is 0 Å². The number of thiazole rings is 1. The summed E-state index contributed by atoms with van der Waals surface area (Å²) in [4.78, 5) is 16.5. The van der Waals surface area contributed by atoms with Crippen molar-refractivity contribution in [2.75, 3.05) is 11.9 Å². The van der Waals surface area contributed by atoms with Gasteiger partial charge in [-0.15, -0.1) is 0 Å². The van der Waals surface area contributed by atoms with E-state index in [1.54, 1.807) is 37.3 Å². The standard InChI is InChI=1S/C18H15BrN2O4S2/c1-2-25-16(22)15-17(27(23,24)14-6-4-3-5-7-14)26-18(21-15)20-13-10-8-12(19)9-11-13/h3-11H,2H2,1H3,(H,20,21). The summed E-state index contributed by atoms with van der Waals surface area (Å²) in [6.45, 7) is 1.77. The maximum Gasteiger partial charge on any atom is 0.359 e. The van der Waals surface area contributed by atoms with Crippen molar-refractivity contribution in [3.05, 3.63) is 64.8 Å². The molecule has 0 fully saturated rings. The number of nitrogens with zero attached hydrogens (tertiary/aromatic N) is 1. The second kappa shape index (κ2) is 8.20. The van der Waals surface area contributed by atoms with Crippen LogP contribution in [0.15, 0.2) is 68.2 Å². The molecule has 0 aliphatic rings. The van der Waals surface area contributed by atoms with Crippen molar-refractivity contribution < 1.29 is 17.9 Å². The average Bonchev–Trinajstić information content (AvgIpc) is 3.09. The summed E-state index contributed by atoms with van der Waals surface area (Å²) in [7, 11) is -3.90. The molecule has 6 nitrogen and oxygen atoms in total. The van der Waals surface area contributed by atoms with Crippen molar-refractivity contribution in [2.45, 2.75) is 16.0 Å². The first kappa shape index (κ1) is 19.5. The third kappa shape index (κ3) is 4.37. The Labute approximate surface area is 169 Å². The van der Waals surface area contributed by atoms with E-state index in [1.165, 1.54) is 12.1 Å². The molecule has 0 aliphatic heterocycles. The van der Waals surface area contributed by atoms with Crippen LogP contribution in [-0.4, -0.2) is 26.0 Å². The normalized spacial score (nSPS) is 11.2. The lowest BCUT2D eigenvalue weighted by atomic mass is 10.3. The predicted molar refractivity (Wildman–Crippen MR) is 107 cm³/mol. The molecule has 0 amide bonds. The van der Waals surface area contributed by atoms with E-state index in [2.05, 4.69) is 26.2 Å². The summed E-state index contributed by atoms with van der Waals surface area (Å²) in [5, 5.41) is 3.31. The van der Waals surface area contributed by atoms with Crippen molar-refractivity contribution in [1.29, 1.82) is 0 Å². The first-order valence-electron chi connectivity index (χ1n) is 7.92. The van der Waals surface area contributed by atoms with Gasteiger partial charge in [0, 0.05) is 10.2 Å². The van der Waals surface area contributed by atoms with Gasteiger partial charge in [-0.05, 0) is 43.3 Å². The molecule has 0 saturated heterocycles. The van der Waals surface area contributed by atoms with Crippen LogP contribution in [0, 0.1) is 0 Å². The minimum absolute atomic E-state index is 0.0920. The molecule has 0 atom stereocenters. The van der Waals surface area contributed by atoms with Crippen LogP contribution in [0.1, 0.15) is 17.4 Å². The third-order valence-corrected chi connectivity index (χ3v) is 7.23. The minimum Gasteiger partial charge on any atom is -0.461 e. The van der Waals surface area contributed by atoms with E-state index in [9.17, 15) is 13.2 Å². The fourth-order valence-electron chi connectivity index (χ4n) is 2.23. The quantitative estimate of drug-likeness (QED) is 0.531. The van der Waals surface area contributed by atoms with Gasteiger partial charge in [-0.2, -0.15) is 0 Å². The maximum atomic E-state index is 13.0. The van der Waals surface area contributed by atoms with E-state index >= 15 is 0 Å². The number of benzene rings is 2. The molecule has 140 valence electrons. The zero-order chi connectivity index (χ0) is 19.4. The Bertz CT molecular complexity index is 1050. The Morgan fingerprint density at radius 2 is 1.81 bits per heavy atom. The molecule has 0 radical (unpaired) electrons. The number of ether oxygens (including phenoxy) is 1. The fourth-order valence-corrected chi connectivity index (χ4v) is 5.28. The highest BCUT2D eigenvalue weighted by atomic mass is 79.9. The van der Waals surface area contributed by atoms with Gasteiger partial charge < -0.3 is 10.1 Å². The molecule has 0 aliphatic carbocycles. The third-order valence-electron chi connectivity index (χ3n) is 3.46. The first-order chi connectivity index (χ1) is 12.9. The molecule has 0 bridgehead atoms. The Morgan fingerprint density at radius 3 is 2.44 bits per heavy atom. The Hall–Kier alpha value is -2.23. The number of carbonyl (C=O) groups is 1. The molecule has 3 aromatic rings. The van der Waals surface area contributed by atoms with Crippen LogP contribution in [-0.2, 0) is 14.6 Å². The number of esters is 1. The molecule has 0 spiro atoms. The van der Waals surface area contributed by atoms with E-state index < -0.39 is 15.8 Å². The van der Waals surface area contributed by atoms with Gasteiger partial charge >= 0.3 is 5.97 Å². The van der Waals surface area contributed by atoms with Crippen molar-refractivity contribution in [2.24, 2.45) is 0 Å². The highest BCUT2D eigenvalue weighted by molar-refractivity contribution is 9.10.